The van der Waals surface area contributed by atoms with Gasteiger partial charge < -0.3 is 10.6 Å². The third kappa shape index (κ3) is 16.1. The fourth-order valence-corrected chi connectivity index (χ4v) is 7.38. The molecule has 0 atom stereocenters. The minimum Gasteiger partial charge on any atom is -0.373 e. The van der Waals surface area contributed by atoms with Crippen LogP contribution in [0.2, 0.25) is 0 Å². The predicted molar refractivity (Wildman–Crippen MR) is 223 cm³/mol. The Morgan fingerprint density at radius 3 is 1.25 bits per heavy atom. The topological polar surface area (TPSA) is 58.2 Å². The van der Waals surface area contributed by atoms with Crippen LogP contribution in [0.1, 0.15) is 109 Å². The number of carbonyl (C=O) groups is 2. The largest absolute Gasteiger partial charge is 4.00 e. The van der Waals surface area contributed by atoms with Crippen molar-refractivity contribution in [3.8, 4) is 0 Å². The zero-order valence-corrected chi connectivity index (χ0v) is 34.8. The summed E-state index contributed by atoms with van der Waals surface area (Å²) in [5.41, 5.74) is 2.93. The second-order valence-corrected chi connectivity index (χ2v) is 14.7. The molecule has 0 bridgehead atoms. The van der Waals surface area contributed by atoms with E-state index in [4.69, 9.17) is 0 Å². The molecule has 0 radical (unpaired) electrons. The number of anilines is 2. The van der Waals surface area contributed by atoms with Gasteiger partial charge in [-0.15, -0.1) is 49.2 Å². The quantitative estimate of drug-likeness (QED) is 0.106. The predicted octanol–water partition coefficient (Wildman–Crippen LogP) is 12.9. The maximum absolute atomic E-state index is 13.7. The summed E-state index contributed by atoms with van der Waals surface area (Å²) in [4.78, 5) is 25.1. The molecule has 0 aromatic heterocycles. The fraction of sp³-hybridized carbons (Fsp3) is 0.320. The summed E-state index contributed by atoms with van der Waals surface area (Å²) in [6, 6.07) is 23.3. The summed E-state index contributed by atoms with van der Waals surface area (Å²) in [5.74, 6) is -2.92. The van der Waals surface area contributed by atoms with Crippen molar-refractivity contribution >= 4 is 23.2 Å². The van der Waals surface area contributed by atoms with Gasteiger partial charge in [0.05, 0.1) is 0 Å². The van der Waals surface area contributed by atoms with Crippen LogP contribution in [0.5, 0.6) is 0 Å². The Hall–Kier alpha value is -4.79. The number of hydrogen-bond donors (Lipinski definition) is 2. The van der Waals surface area contributed by atoms with Crippen molar-refractivity contribution in [1.29, 1.82) is 0 Å². The smallest absolute Gasteiger partial charge is 0.373 e. The van der Waals surface area contributed by atoms with E-state index in [9.17, 15) is 27.2 Å². The first kappa shape index (κ1) is 46.9. The zero-order chi connectivity index (χ0) is 41.0. The Morgan fingerprint density at radius 1 is 0.542 bits per heavy atom. The number of carbonyl (C=O) groups excluding carboxylic acids is 2. The number of hydrogen-bond acceptors (Lipinski definition) is 2. The van der Waals surface area contributed by atoms with Crippen LogP contribution >= 0.6 is 0 Å². The van der Waals surface area contributed by atoms with Crippen molar-refractivity contribution in [2.24, 2.45) is 11.8 Å². The summed E-state index contributed by atoms with van der Waals surface area (Å²) in [6.45, 7) is 0. The van der Waals surface area contributed by atoms with Gasteiger partial charge >= 0.3 is 21.7 Å². The Kier molecular flexibility index (Phi) is 20.4. The molecule has 0 unspecified atom stereocenters. The molecule has 4 aromatic rings. The minimum absolute atomic E-state index is 0. The van der Waals surface area contributed by atoms with Crippen LogP contribution in [0.4, 0.5) is 28.9 Å². The van der Waals surface area contributed by atoms with E-state index in [1.807, 2.05) is 60.7 Å². The van der Waals surface area contributed by atoms with E-state index >= 15 is 0 Å². The van der Waals surface area contributed by atoms with Crippen molar-refractivity contribution < 1.29 is 48.9 Å². The Morgan fingerprint density at radius 2 is 0.932 bits per heavy atom. The minimum atomic E-state index is -0.895. The van der Waals surface area contributed by atoms with Crippen LogP contribution in [-0.2, 0) is 34.6 Å². The van der Waals surface area contributed by atoms with E-state index in [1.54, 1.807) is 24.3 Å². The van der Waals surface area contributed by atoms with Gasteiger partial charge in [-0.05, 0) is 59.3 Å². The zero-order valence-electron chi connectivity index (χ0n) is 33.3. The molecular formula is C50H50F4N2O2Ti. The first-order chi connectivity index (χ1) is 28.3. The molecule has 0 saturated heterocycles. The molecular weight excluding hydrogens is 784 g/mol. The van der Waals surface area contributed by atoms with Crippen LogP contribution in [0.15, 0.2) is 109 Å². The van der Waals surface area contributed by atoms with Crippen LogP contribution in [0, 0.1) is 59.4 Å². The standard InChI is InChI=1S/2C20H20F2NO.2C5H5.Ti/c2*21-16-10-11-19(18(22)13-16)23-20(24)17-9-5-4-8-15(17)12-14-6-2-1-3-7-14;2*1-2-4-5-3-1;/h2*4-5,8-11,14H,1-3,6-7,12H2,(H,23,24);2*1-3H,4H2;/q4*-1;+4. The van der Waals surface area contributed by atoms with Gasteiger partial charge in [-0.3, -0.25) is 21.7 Å². The van der Waals surface area contributed by atoms with Crippen LogP contribution in [0.25, 0.3) is 0 Å². The molecule has 2 N–H and O–H groups in total. The van der Waals surface area contributed by atoms with E-state index < -0.39 is 23.3 Å². The fourth-order valence-electron chi connectivity index (χ4n) is 7.38. The molecule has 2 fully saturated rings. The summed E-state index contributed by atoms with van der Waals surface area (Å²) in [5, 5.41) is 5.04. The van der Waals surface area contributed by atoms with Gasteiger partial charge in [0.15, 0.2) is 0 Å². The maximum Gasteiger partial charge on any atom is 4.00 e. The Bertz CT molecular complexity index is 1900. The molecule has 0 heterocycles. The number of halogens is 4. The molecule has 0 spiro atoms. The first-order valence-electron chi connectivity index (χ1n) is 20.2. The van der Waals surface area contributed by atoms with Gasteiger partial charge in [0.2, 0.25) is 11.8 Å². The molecule has 4 aromatic carbocycles. The molecule has 4 nitrogen and oxygen atoms in total. The maximum atomic E-state index is 13.7. The second kappa shape index (κ2) is 25.6. The van der Waals surface area contributed by atoms with Gasteiger partial charge in [0.25, 0.3) is 0 Å². The van der Waals surface area contributed by atoms with Gasteiger partial charge in [-0.2, -0.15) is 12.2 Å². The van der Waals surface area contributed by atoms with E-state index in [-0.39, 0.29) is 44.9 Å². The second-order valence-electron chi connectivity index (χ2n) is 14.7. The molecule has 8 rings (SSSR count). The molecule has 59 heavy (non-hydrogen) atoms. The number of benzene rings is 4. The van der Waals surface area contributed by atoms with Gasteiger partial charge in [0, 0.05) is 34.4 Å². The van der Waals surface area contributed by atoms with Crippen molar-refractivity contribution in [3.63, 3.8) is 0 Å². The van der Waals surface area contributed by atoms with E-state index in [2.05, 4.69) is 34.9 Å². The summed E-state index contributed by atoms with van der Waals surface area (Å²) >= 11 is 0. The van der Waals surface area contributed by atoms with Crippen molar-refractivity contribution in [3.05, 3.63) is 179 Å². The number of amides is 2. The van der Waals surface area contributed by atoms with Crippen molar-refractivity contribution in [1.82, 2.24) is 0 Å². The molecule has 9 heteroatoms. The first-order valence-corrected chi connectivity index (χ1v) is 20.2. The average Bonchev–Trinajstić information content (AvgIpc) is 4.03. The number of nitrogens with one attached hydrogen (secondary N) is 2. The van der Waals surface area contributed by atoms with Crippen molar-refractivity contribution in [2.75, 3.05) is 10.6 Å². The van der Waals surface area contributed by atoms with E-state index in [0.717, 1.165) is 48.9 Å². The Labute approximate surface area is 361 Å². The Balaban J connectivity index is 0.000000207. The molecule has 2 saturated carbocycles. The van der Waals surface area contributed by atoms with E-state index in [0.29, 0.717) is 23.0 Å². The van der Waals surface area contributed by atoms with Crippen LogP contribution in [-0.4, -0.2) is 11.8 Å². The summed E-state index contributed by atoms with van der Waals surface area (Å²) < 4.78 is 53.2. The molecule has 2 amide bonds. The molecule has 0 aliphatic heterocycles. The molecule has 304 valence electrons. The normalized spacial score (nSPS) is 15.4. The van der Waals surface area contributed by atoms with E-state index in [1.165, 1.54) is 76.3 Å². The molecule has 4 aliphatic rings. The third-order valence-electron chi connectivity index (χ3n) is 10.4. The number of allylic oxidation sites excluding steroid dienone is 8. The molecule has 4 aliphatic carbocycles. The summed E-state index contributed by atoms with van der Waals surface area (Å²) in [6.07, 6.45) is 34.1. The van der Waals surface area contributed by atoms with Gasteiger partial charge in [-0.1, -0.05) is 101 Å². The van der Waals surface area contributed by atoms with Crippen LogP contribution < -0.4 is 10.6 Å². The summed E-state index contributed by atoms with van der Waals surface area (Å²) in [7, 11) is 0. The SMILES string of the molecule is O=C(Nc1ccc(F)[c-]c1F)c1ccccc1CC1CCCCC1.O=C(Nc1ccc(F)[c-]c1F)c1ccccc1CC1CCCCC1.[C-]1=CC=CC1.[C-]1=CC=CC1.[Ti+4]. The van der Waals surface area contributed by atoms with Gasteiger partial charge in [0.1, 0.15) is 0 Å². The number of rotatable bonds is 8. The van der Waals surface area contributed by atoms with Crippen molar-refractivity contribution in [2.45, 2.75) is 89.9 Å². The monoisotopic (exact) mass is 834 g/mol. The average molecular weight is 835 g/mol. The van der Waals surface area contributed by atoms with Crippen LogP contribution in [0.3, 0.4) is 0 Å². The van der Waals surface area contributed by atoms with Gasteiger partial charge in [-0.25, -0.2) is 41.9 Å². The third-order valence-corrected chi connectivity index (χ3v) is 10.4.